The van der Waals surface area contributed by atoms with Crippen LogP contribution in [0, 0.1) is 23.2 Å². The van der Waals surface area contributed by atoms with Gasteiger partial charge in [0.15, 0.2) is 0 Å². The Kier molecular flexibility index (Phi) is 4.12. The number of carbonyl (C=O) groups excluding carboxylic acids is 1. The van der Waals surface area contributed by atoms with Gasteiger partial charge in [0.2, 0.25) is 5.91 Å². The molecule has 0 radical (unpaired) electrons. The van der Waals surface area contributed by atoms with Gasteiger partial charge in [-0.2, -0.15) is 5.26 Å². The van der Waals surface area contributed by atoms with Crippen molar-refractivity contribution in [3.8, 4) is 6.07 Å². The van der Waals surface area contributed by atoms with E-state index in [1.165, 1.54) is 0 Å². The first-order chi connectivity index (χ1) is 8.94. The van der Waals surface area contributed by atoms with Gasteiger partial charge in [0.1, 0.15) is 5.54 Å². The molecule has 0 spiro atoms. The minimum atomic E-state index is -0.710. The number of nitrogens with one attached hydrogen (secondary N) is 1. The lowest BCUT2D eigenvalue weighted by molar-refractivity contribution is -0.124. The van der Waals surface area contributed by atoms with E-state index in [1.807, 2.05) is 13.8 Å². The molecular weight excluding hydrogens is 242 g/mol. The van der Waals surface area contributed by atoms with E-state index in [-0.39, 0.29) is 17.9 Å². The monoisotopic (exact) mass is 265 g/mol. The van der Waals surface area contributed by atoms with Gasteiger partial charge < -0.3 is 10.4 Å². The summed E-state index contributed by atoms with van der Waals surface area (Å²) >= 11 is 0. The summed E-state index contributed by atoms with van der Waals surface area (Å²) in [6.07, 6.45) is 2.51. The predicted molar refractivity (Wildman–Crippen MR) is 71.1 cm³/mol. The van der Waals surface area contributed by atoms with Crippen LogP contribution >= 0.6 is 0 Å². The Balaban J connectivity index is 1.83. The van der Waals surface area contributed by atoms with Crippen LogP contribution in [0.2, 0.25) is 0 Å². The SMILES string of the molecule is CC1CN(CC(=O)NC(C)(C#N)C2CC2)CCC1O. The number of aliphatic hydroxyl groups is 1. The standard InChI is InChI=1S/C14H23N3O2/c1-10-7-17(6-5-12(10)18)8-13(19)16-14(2,9-15)11-3-4-11/h10-12,18H,3-8H2,1-2H3,(H,16,19). The quantitative estimate of drug-likeness (QED) is 0.776. The van der Waals surface area contributed by atoms with E-state index in [2.05, 4.69) is 16.3 Å². The molecule has 2 aliphatic rings. The van der Waals surface area contributed by atoms with Crippen LogP contribution in [0.15, 0.2) is 0 Å². The average molecular weight is 265 g/mol. The highest BCUT2D eigenvalue weighted by Gasteiger charge is 2.43. The molecule has 3 atom stereocenters. The largest absolute Gasteiger partial charge is 0.393 e. The van der Waals surface area contributed by atoms with E-state index in [4.69, 9.17) is 0 Å². The molecule has 1 aliphatic heterocycles. The first kappa shape index (κ1) is 14.3. The van der Waals surface area contributed by atoms with Crippen molar-refractivity contribution in [1.82, 2.24) is 10.2 Å². The third kappa shape index (κ3) is 3.46. The van der Waals surface area contributed by atoms with E-state index in [9.17, 15) is 15.2 Å². The maximum Gasteiger partial charge on any atom is 0.235 e. The highest BCUT2D eigenvalue weighted by atomic mass is 16.3. The van der Waals surface area contributed by atoms with E-state index in [0.717, 1.165) is 25.9 Å². The molecule has 19 heavy (non-hydrogen) atoms. The van der Waals surface area contributed by atoms with E-state index < -0.39 is 5.54 Å². The molecule has 5 nitrogen and oxygen atoms in total. The molecular formula is C14H23N3O2. The number of likely N-dealkylation sites (tertiary alicyclic amines) is 1. The molecule has 5 heteroatoms. The van der Waals surface area contributed by atoms with Crippen molar-refractivity contribution in [2.75, 3.05) is 19.6 Å². The minimum Gasteiger partial charge on any atom is -0.393 e. The number of carbonyl (C=O) groups is 1. The van der Waals surface area contributed by atoms with Gasteiger partial charge >= 0.3 is 0 Å². The van der Waals surface area contributed by atoms with Crippen LogP contribution in [-0.2, 0) is 4.79 Å². The molecule has 1 amide bonds. The third-order valence-electron chi connectivity index (χ3n) is 4.34. The molecule has 2 rings (SSSR count). The molecule has 2 fully saturated rings. The van der Waals surface area contributed by atoms with Gasteiger partial charge in [-0.3, -0.25) is 9.69 Å². The second-order valence-corrected chi connectivity index (χ2v) is 6.21. The van der Waals surface area contributed by atoms with E-state index in [0.29, 0.717) is 18.9 Å². The van der Waals surface area contributed by atoms with Crippen LogP contribution in [0.4, 0.5) is 0 Å². The maximum absolute atomic E-state index is 12.0. The number of nitrogens with zero attached hydrogens (tertiary/aromatic N) is 2. The molecule has 0 aromatic heterocycles. The predicted octanol–water partition coefficient (Wildman–Crippen LogP) is 0.498. The Morgan fingerprint density at radius 2 is 2.21 bits per heavy atom. The fraction of sp³-hybridized carbons (Fsp3) is 0.857. The minimum absolute atomic E-state index is 0.0838. The van der Waals surface area contributed by atoms with Crippen molar-refractivity contribution in [3.05, 3.63) is 0 Å². The fourth-order valence-electron chi connectivity index (χ4n) is 2.78. The average Bonchev–Trinajstić information content (AvgIpc) is 3.18. The molecule has 0 bridgehead atoms. The topological polar surface area (TPSA) is 76.4 Å². The summed E-state index contributed by atoms with van der Waals surface area (Å²) in [6, 6.07) is 2.23. The second kappa shape index (κ2) is 5.48. The van der Waals surface area contributed by atoms with Crippen LogP contribution in [0.1, 0.15) is 33.1 Å². The zero-order valence-electron chi connectivity index (χ0n) is 11.7. The molecule has 106 valence electrons. The Morgan fingerprint density at radius 1 is 1.53 bits per heavy atom. The maximum atomic E-state index is 12.0. The molecule has 1 aliphatic carbocycles. The molecule has 3 unspecified atom stereocenters. The normalized spacial score (nSPS) is 31.3. The molecule has 2 N–H and O–H groups in total. The number of piperidine rings is 1. The number of aliphatic hydroxyl groups excluding tert-OH is 1. The van der Waals surface area contributed by atoms with Crippen LogP contribution in [-0.4, -0.2) is 47.2 Å². The summed E-state index contributed by atoms with van der Waals surface area (Å²) in [5.41, 5.74) is -0.710. The van der Waals surface area contributed by atoms with Crippen molar-refractivity contribution in [2.24, 2.45) is 11.8 Å². The molecule has 0 aromatic carbocycles. The van der Waals surface area contributed by atoms with Crippen molar-refractivity contribution in [1.29, 1.82) is 5.26 Å². The summed E-state index contributed by atoms with van der Waals surface area (Å²) < 4.78 is 0. The fourth-order valence-corrected chi connectivity index (χ4v) is 2.78. The lowest BCUT2D eigenvalue weighted by Gasteiger charge is -2.34. The zero-order valence-corrected chi connectivity index (χ0v) is 11.7. The number of nitriles is 1. The number of hydrogen-bond acceptors (Lipinski definition) is 4. The van der Waals surface area contributed by atoms with Gasteiger partial charge in [0.05, 0.1) is 18.7 Å². The van der Waals surface area contributed by atoms with Gasteiger partial charge in [0.25, 0.3) is 0 Å². The first-order valence-electron chi connectivity index (χ1n) is 7.07. The summed E-state index contributed by atoms with van der Waals surface area (Å²) in [4.78, 5) is 14.1. The van der Waals surface area contributed by atoms with Gasteiger partial charge in [-0.05, 0) is 38.0 Å². The summed E-state index contributed by atoms with van der Waals surface area (Å²) in [7, 11) is 0. The molecule has 1 heterocycles. The van der Waals surface area contributed by atoms with Gasteiger partial charge in [-0.1, -0.05) is 6.92 Å². The number of hydrogen-bond donors (Lipinski definition) is 2. The highest BCUT2D eigenvalue weighted by molar-refractivity contribution is 5.79. The van der Waals surface area contributed by atoms with E-state index >= 15 is 0 Å². The zero-order chi connectivity index (χ0) is 14.0. The first-order valence-corrected chi connectivity index (χ1v) is 7.07. The summed E-state index contributed by atoms with van der Waals surface area (Å²) in [5, 5.41) is 21.8. The van der Waals surface area contributed by atoms with Crippen molar-refractivity contribution < 1.29 is 9.90 Å². The lowest BCUT2D eigenvalue weighted by atomic mass is 9.96. The Labute approximate surface area is 114 Å². The van der Waals surface area contributed by atoms with Gasteiger partial charge in [0, 0.05) is 13.1 Å². The second-order valence-electron chi connectivity index (χ2n) is 6.21. The van der Waals surface area contributed by atoms with Crippen LogP contribution < -0.4 is 5.32 Å². The van der Waals surface area contributed by atoms with Crippen LogP contribution in [0.5, 0.6) is 0 Å². The summed E-state index contributed by atoms with van der Waals surface area (Å²) in [5.74, 6) is 0.426. The number of rotatable bonds is 4. The highest BCUT2D eigenvalue weighted by Crippen LogP contribution is 2.39. The molecule has 1 saturated carbocycles. The molecule has 0 aromatic rings. The van der Waals surface area contributed by atoms with Crippen LogP contribution in [0.25, 0.3) is 0 Å². The third-order valence-corrected chi connectivity index (χ3v) is 4.34. The van der Waals surface area contributed by atoms with Gasteiger partial charge in [-0.25, -0.2) is 0 Å². The van der Waals surface area contributed by atoms with Crippen molar-refractivity contribution >= 4 is 5.91 Å². The lowest BCUT2D eigenvalue weighted by Crippen LogP contribution is -2.52. The molecule has 1 saturated heterocycles. The van der Waals surface area contributed by atoms with Crippen molar-refractivity contribution in [3.63, 3.8) is 0 Å². The van der Waals surface area contributed by atoms with E-state index in [1.54, 1.807) is 0 Å². The Morgan fingerprint density at radius 3 is 2.74 bits per heavy atom. The number of amides is 1. The Hall–Kier alpha value is -1.12. The van der Waals surface area contributed by atoms with Crippen molar-refractivity contribution in [2.45, 2.75) is 44.8 Å². The summed E-state index contributed by atoms with van der Waals surface area (Å²) in [6.45, 7) is 5.61. The van der Waals surface area contributed by atoms with Crippen LogP contribution in [0.3, 0.4) is 0 Å². The van der Waals surface area contributed by atoms with Gasteiger partial charge in [-0.15, -0.1) is 0 Å². The Bertz CT molecular complexity index is 389. The smallest absolute Gasteiger partial charge is 0.235 e.